The van der Waals surface area contributed by atoms with E-state index in [9.17, 15) is 4.79 Å². The van der Waals surface area contributed by atoms with Crippen molar-refractivity contribution in [2.45, 2.75) is 64.3 Å². The standard InChI is InChI=1S/C14H26N2O/c1-2-12-6-8-13(9-7-12)15-14(17)16-10-4-3-5-11-16/h12-13H,2-11H2,1H3,(H,15,17). The fraction of sp³-hybridized carbons (Fsp3) is 0.929. The highest BCUT2D eigenvalue weighted by atomic mass is 16.2. The molecule has 3 heteroatoms. The lowest BCUT2D eigenvalue weighted by Gasteiger charge is -2.32. The van der Waals surface area contributed by atoms with Crippen LogP contribution in [0.25, 0.3) is 0 Å². The van der Waals surface area contributed by atoms with Gasteiger partial charge in [0.15, 0.2) is 0 Å². The van der Waals surface area contributed by atoms with Gasteiger partial charge in [0.1, 0.15) is 0 Å². The topological polar surface area (TPSA) is 32.3 Å². The summed E-state index contributed by atoms with van der Waals surface area (Å²) in [4.78, 5) is 14.0. The molecule has 1 aliphatic heterocycles. The molecule has 1 N–H and O–H groups in total. The molecule has 2 aliphatic rings. The highest BCUT2D eigenvalue weighted by molar-refractivity contribution is 5.74. The Labute approximate surface area is 105 Å². The number of carbonyl (C=O) groups excluding carboxylic acids is 1. The highest BCUT2D eigenvalue weighted by Gasteiger charge is 2.23. The van der Waals surface area contributed by atoms with Crippen molar-refractivity contribution in [2.24, 2.45) is 5.92 Å². The van der Waals surface area contributed by atoms with Crippen LogP contribution in [0.4, 0.5) is 4.79 Å². The smallest absolute Gasteiger partial charge is 0.317 e. The van der Waals surface area contributed by atoms with Gasteiger partial charge < -0.3 is 10.2 Å². The molecule has 1 saturated heterocycles. The second-order valence-electron chi connectivity index (χ2n) is 5.62. The van der Waals surface area contributed by atoms with Gasteiger partial charge in [-0.3, -0.25) is 0 Å². The van der Waals surface area contributed by atoms with Gasteiger partial charge in [-0.2, -0.15) is 0 Å². The van der Waals surface area contributed by atoms with E-state index in [4.69, 9.17) is 0 Å². The summed E-state index contributed by atoms with van der Waals surface area (Å²) in [5.74, 6) is 0.901. The summed E-state index contributed by atoms with van der Waals surface area (Å²) in [6.07, 6.45) is 9.88. The van der Waals surface area contributed by atoms with E-state index in [1.165, 1.54) is 51.4 Å². The van der Waals surface area contributed by atoms with E-state index in [1.54, 1.807) is 0 Å². The predicted molar refractivity (Wildman–Crippen MR) is 70.0 cm³/mol. The minimum Gasteiger partial charge on any atom is -0.335 e. The average Bonchev–Trinajstić information content (AvgIpc) is 2.40. The van der Waals surface area contributed by atoms with Crippen LogP contribution in [-0.2, 0) is 0 Å². The van der Waals surface area contributed by atoms with Crippen molar-refractivity contribution in [3.05, 3.63) is 0 Å². The van der Waals surface area contributed by atoms with Crippen LogP contribution < -0.4 is 5.32 Å². The first-order valence-electron chi connectivity index (χ1n) is 7.35. The molecule has 0 aromatic heterocycles. The quantitative estimate of drug-likeness (QED) is 0.787. The number of nitrogens with one attached hydrogen (secondary N) is 1. The summed E-state index contributed by atoms with van der Waals surface area (Å²) < 4.78 is 0. The third-order valence-electron chi connectivity index (χ3n) is 4.39. The van der Waals surface area contributed by atoms with Crippen molar-refractivity contribution >= 4 is 6.03 Å². The Morgan fingerprint density at radius 3 is 2.35 bits per heavy atom. The molecule has 0 aromatic carbocycles. The fourth-order valence-electron chi connectivity index (χ4n) is 3.08. The first-order valence-corrected chi connectivity index (χ1v) is 7.35. The molecular formula is C14H26N2O. The third kappa shape index (κ3) is 3.62. The molecule has 0 unspecified atom stereocenters. The van der Waals surface area contributed by atoms with Crippen LogP contribution in [0.15, 0.2) is 0 Å². The van der Waals surface area contributed by atoms with E-state index in [2.05, 4.69) is 12.2 Å². The number of amides is 2. The number of piperidine rings is 1. The van der Waals surface area contributed by atoms with Crippen molar-refractivity contribution in [2.75, 3.05) is 13.1 Å². The molecule has 1 aliphatic carbocycles. The zero-order valence-electron chi connectivity index (χ0n) is 11.1. The van der Waals surface area contributed by atoms with Crippen molar-refractivity contribution < 1.29 is 4.79 Å². The molecule has 17 heavy (non-hydrogen) atoms. The largest absolute Gasteiger partial charge is 0.335 e. The summed E-state index contributed by atoms with van der Waals surface area (Å²) in [5, 5.41) is 3.22. The maximum atomic E-state index is 12.0. The van der Waals surface area contributed by atoms with Crippen LogP contribution in [0, 0.1) is 5.92 Å². The molecule has 0 atom stereocenters. The Bertz CT molecular complexity index is 241. The summed E-state index contributed by atoms with van der Waals surface area (Å²) >= 11 is 0. The van der Waals surface area contributed by atoms with Crippen LogP contribution in [0.3, 0.4) is 0 Å². The molecule has 1 heterocycles. The second-order valence-corrected chi connectivity index (χ2v) is 5.62. The lowest BCUT2D eigenvalue weighted by molar-refractivity contribution is 0.176. The first kappa shape index (κ1) is 12.7. The molecule has 0 radical (unpaired) electrons. The maximum absolute atomic E-state index is 12.0. The number of carbonyl (C=O) groups is 1. The number of rotatable bonds is 2. The number of hydrogen-bond acceptors (Lipinski definition) is 1. The van der Waals surface area contributed by atoms with Crippen LogP contribution in [0.2, 0.25) is 0 Å². The molecule has 0 aromatic rings. The second kappa shape index (κ2) is 6.27. The zero-order chi connectivity index (χ0) is 12.1. The highest BCUT2D eigenvalue weighted by Crippen LogP contribution is 2.26. The number of likely N-dealkylation sites (tertiary alicyclic amines) is 1. The Kier molecular flexibility index (Phi) is 4.69. The van der Waals surface area contributed by atoms with Crippen molar-refractivity contribution in [1.29, 1.82) is 0 Å². The van der Waals surface area contributed by atoms with Crippen LogP contribution >= 0.6 is 0 Å². The lowest BCUT2D eigenvalue weighted by Crippen LogP contribution is -2.47. The van der Waals surface area contributed by atoms with Crippen molar-refractivity contribution in [1.82, 2.24) is 10.2 Å². The molecule has 2 amide bonds. The zero-order valence-corrected chi connectivity index (χ0v) is 11.1. The molecule has 98 valence electrons. The van der Waals surface area contributed by atoms with E-state index in [1.807, 2.05) is 4.90 Å². The minimum absolute atomic E-state index is 0.185. The molecule has 0 bridgehead atoms. The molecule has 0 spiro atoms. The summed E-state index contributed by atoms with van der Waals surface area (Å²) in [6, 6.07) is 0.622. The van der Waals surface area contributed by atoms with Gasteiger partial charge in [0.05, 0.1) is 0 Å². The Morgan fingerprint density at radius 1 is 1.12 bits per heavy atom. The summed E-state index contributed by atoms with van der Waals surface area (Å²) in [5.41, 5.74) is 0. The number of hydrogen-bond donors (Lipinski definition) is 1. The van der Waals surface area contributed by atoms with Gasteiger partial charge in [0, 0.05) is 19.1 Å². The normalized spacial score (nSPS) is 30.1. The van der Waals surface area contributed by atoms with Crippen molar-refractivity contribution in [3.8, 4) is 0 Å². The summed E-state index contributed by atoms with van der Waals surface area (Å²) in [7, 11) is 0. The molecular weight excluding hydrogens is 212 g/mol. The van der Waals surface area contributed by atoms with Crippen molar-refractivity contribution in [3.63, 3.8) is 0 Å². The van der Waals surface area contributed by atoms with E-state index >= 15 is 0 Å². The molecule has 3 nitrogen and oxygen atoms in total. The van der Waals surface area contributed by atoms with Gasteiger partial charge in [-0.05, 0) is 50.9 Å². The maximum Gasteiger partial charge on any atom is 0.317 e. The van der Waals surface area contributed by atoms with E-state index in [-0.39, 0.29) is 6.03 Å². The monoisotopic (exact) mass is 238 g/mol. The Hall–Kier alpha value is -0.730. The lowest BCUT2D eigenvalue weighted by atomic mass is 9.84. The summed E-state index contributed by atoms with van der Waals surface area (Å²) in [6.45, 7) is 4.18. The minimum atomic E-state index is 0.185. The molecule has 1 saturated carbocycles. The van der Waals surface area contributed by atoms with E-state index in [0.29, 0.717) is 6.04 Å². The van der Waals surface area contributed by atoms with Gasteiger partial charge in [-0.25, -0.2) is 4.79 Å². The SMILES string of the molecule is CCC1CCC(NC(=O)N2CCCCC2)CC1. The number of nitrogens with zero attached hydrogens (tertiary/aromatic N) is 1. The third-order valence-corrected chi connectivity index (χ3v) is 4.39. The Balaban J connectivity index is 1.71. The van der Waals surface area contributed by atoms with Crippen LogP contribution in [0.5, 0.6) is 0 Å². The van der Waals surface area contributed by atoms with Crippen LogP contribution in [-0.4, -0.2) is 30.1 Å². The van der Waals surface area contributed by atoms with E-state index < -0.39 is 0 Å². The van der Waals surface area contributed by atoms with E-state index in [0.717, 1.165) is 19.0 Å². The van der Waals surface area contributed by atoms with Crippen LogP contribution in [0.1, 0.15) is 58.3 Å². The fourth-order valence-corrected chi connectivity index (χ4v) is 3.08. The Morgan fingerprint density at radius 2 is 1.76 bits per heavy atom. The molecule has 2 fully saturated rings. The van der Waals surface area contributed by atoms with Gasteiger partial charge >= 0.3 is 6.03 Å². The van der Waals surface area contributed by atoms with Gasteiger partial charge in [-0.15, -0.1) is 0 Å². The first-order chi connectivity index (χ1) is 8.29. The number of urea groups is 1. The molecule has 2 rings (SSSR count). The average molecular weight is 238 g/mol. The van der Waals surface area contributed by atoms with Gasteiger partial charge in [-0.1, -0.05) is 13.3 Å². The predicted octanol–water partition coefficient (Wildman–Crippen LogP) is 3.15. The van der Waals surface area contributed by atoms with Gasteiger partial charge in [0.2, 0.25) is 0 Å². The van der Waals surface area contributed by atoms with Gasteiger partial charge in [0.25, 0.3) is 0 Å².